The van der Waals surface area contributed by atoms with E-state index in [1.807, 2.05) is 36.2 Å². The van der Waals surface area contributed by atoms with Crippen LogP contribution in [0.2, 0.25) is 0 Å². The van der Waals surface area contributed by atoms with Crippen molar-refractivity contribution in [2.75, 3.05) is 11.5 Å². The van der Waals surface area contributed by atoms with E-state index in [-0.39, 0.29) is 5.41 Å². The minimum atomic E-state index is -0.639. The van der Waals surface area contributed by atoms with Gasteiger partial charge in [0.05, 0.1) is 11.1 Å². The molecule has 0 saturated carbocycles. The molecule has 0 aliphatic carbocycles. The van der Waals surface area contributed by atoms with Crippen molar-refractivity contribution in [3.05, 3.63) is 42.1 Å². The molecule has 0 amide bonds. The third kappa shape index (κ3) is 2.33. The highest BCUT2D eigenvalue weighted by Gasteiger charge is 2.45. The Labute approximate surface area is 124 Å². The van der Waals surface area contributed by atoms with Gasteiger partial charge in [-0.2, -0.15) is 11.8 Å². The molecule has 1 N–H and O–H groups in total. The molecule has 20 heavy (non-hydrogen) atoms. The van der Waals surface area contributed by atoms with Gasteiger partial charge >= 0.3 is 0 Å². The number of aromatic nitrogens is 1. The monoisotopic (exact) mass is 287 g/mol. The van der Waals surface area contributed by atoms with Gasteiger partial charge in [0.15, 0.2) is 0 Å². The molecule has 0 bridgehead atoms. The average molecular weight is 287 g/mol. The Hall–Kier alpha value is -1.06. The Balaban J connectivity index is 2.00. The summed E-state index contributed by atoms with van der Waals surface area (Å²) in [4.78, 5) is 4.41. The Bertz CT molecular complexity index is 620. The summed E-state index contributed by atoms with van der Waals surface area (Å²) in [5.74, 6) is 1.96. The maximum absolute atomic E-state index is 11.2. The molecular formula is C17H21NOS. The lowest BCUT2D eigenvalue weighted by molar-refractivity contribution is -0.0510. The summed E-state index contributed by atoms with van der Waals surface area (Å²) in [6.07, 6.45) is 3.62. The highest BCUT2D eigenvalue weighted by molar-refractivity contribution is 7.99. The third-order valence-corrected chi connectivity index (χ3v) is 5.87. The Morgan fingerprint density at radius 1 is 1.25 bits per heavy atom. The number of fused-ring (bicyclic) bond motifs is 1. The minimum Gasteiger partial charge on any atom is -0.388 e. The number of rotatable bonds is 2. The summed E-state index contributed by atoms with van der Waals surface area (Å²) in [6.45, 7) is 4.38. The minimum absolute atomic E-state index is 0.0391. The first kappa shape index (κ1) is 13.9. The molecule has 2 heterocycles. The first-order valence-corrected chi connectivity index (χ1v) is 8.30. The second kappa shape index (κ2) is 5.05. The van der Waals surface area contributed by atoms with Gasteiger partial charge in [-0.1, -0.05) is 32.0 Å². The van der Waals surface area contributed by atoms with Crippen molar-refractivity contribution in [3.8, 4) is 0 Å². The zero-order valence-electron chi connectivity index (χ0n) is 12.1. The highest BCUT2D eigenvalue weighted by atomic mass is 32.2. The molecule has 1 fully saturated rings. The van der Waals surface area contributed by atoms with Gasteiger partial charge < -0.3 is 5.11 Å². The van der Waals surface area contributed by atoms with Gasteiger partial charge in [0.2, 0.25) is 0 Å². The van der Waals surface area contributed by atoms with Gasteiger partial charge in [-0.25, -0.2) is 0 Å². The molecule has 1 aromatic heterocycles. The number of hydrogen-bond acceptors (Lipinski definition) is 3. The third-order valence-electron chi connectivity index (χ3n) is 4.69. The van der Waals surface area contributed by atoms with Gasteiger partial charge in [-0.3, -0.25) is 4.98 Å². The van der Waals surface area contributed by atoms with Gasteiger partial charge in [-0.15, -0.1) is 0 Å². The SMILES string of the molecule is CC1(C)CCSCC1(O)Cc1ccnc2ccccc12. The standard InChI is InChI=1S/C17H21NOS/c1-16(2)8-10-20-12-17(16,19)11-13-7-9-18-15-6-4-3-5-14(13)15/h3-7,9,19H,8,10-12H2,1-2H3. The zero-order valence-corrected chi connectivity index (χ0v) is 12.9. The number of thioether (sulfide) groups is 1. The number of nitrogens with zero attached hydrogens (tertiary/aromatic N) is 1. The van der Waals surface area contributed by atoms with Crippen molar-refractivity contribution in [2.24, 2.45) is 5.41 Å². The van der Waals surface area contributed by atoms with Gasteiger partial charge in [0.25, 0.3) is 0 Å². The molecule has 2 nitrogen and oxygen atoms in total. The normalized spacial score (nSPS) is 25.8. The van der Waals surface area contributed by atoms with Crippen LogP contribution in [0.5, 0.6) is 0 Å². The maximum atomic E-state index is 11.2. The van der Waals surface area contributed by atoms with E-state index in [9.17, 15) is 5.11 Å². The number of hydrogen-bond donors (Lipinski definition) is 1. The summed E-state index contributed by atoms with van der Waals surface area (Å²) in [5.41, 5.74) is 1.53. The highest BCUT2D eigenvalue weighted by Crippen LogP contribution is 2.44. The van der Waals surface area contributed by atoms with E-state index in [2.05, 4.69) is 31.0 Å². The van der Waals surface area contributed by atoms with Crippen molar-refractivity contribution >= 4 is 22.7 Å². The van der Waals surface area contributed by atoms with Crippen LogP contribution in [-0.2, 0) is 6.42 Å². The number of para-hydroxylation sites is 1. The molecule has 2 aromatic rings. The summed E-state index contributed by atoms with van der Waals surface area (Å²) >= 11 is 1.86. The second-order valence-corrected chi connectivity index (χ2v) is 7.49. The van der Waals surface area contributed by atoms with Crippen molar-refractivity contribution in [2.45, 2.75) is 32.3 Å². The van der Waals surface area contributed by atoms with Crippen LogP contribution in [0.1, 0.15) is 25.8 Å². The smallest absolute Gasteiger partial charge is 0.0828 e. The zero-order chi connectivity index (χ0) is 14.2. The molecule has 1 aromatic carbocycles. The molecule has 1 unspecified atom stereocenters. The lowest BCUT2D eigenvalue weighted by atomic mass is 9.70. The molecule has 0 spiro atoms. The first-order chi connectivity index (χ1) is 9.52. The van der Waals surface area contributed by atoms with Crippen molar-refractivity contribution in [1.82, 2.24) is 4.98 Å². The molecule has 106 valence electrons. The van der Waals surface area contributed by atoms with Crippen LogP contribution in [0.15, 0.2) is 36.5 Å². The average Bonchev–Trinajstić information content (AvgIpc) is 2.43. The van der Waals surface area contributed by atoms with Crippen LogP contribution in [0.4, 0.5) is 0 Å². The number of benzene rings is 1. The fourth-order valence-corrected chi connectivity index (χ4v) is 4.54. The van der Waals surface area contributed by atoms with Crippen molar-refractivity contribution in [1.29, 1.82) is 0 Å². The quantitative estimate of drug-likeness (QED) is 0.915. The van der Waals surface area contributed by atoms with Gasteiger partial charge in [0, 0.05) is 23.8 Å². The molecule has 1 atom stereocenters. The molecule has 1 aliphatic heterocycles. The topological polar surface area (TPSA) is 33.1 Å². The van der Waals surface area contributed by atoms with Crippen LogP contribution >= 0.6 is 11.8 Å². The van der Waals surface area contributed by atoms with E-state index >= 15 is 0 Å². The Morgan fingerprint density at radius 2 is 2.05 bits per heavy atom. The number of pyridine rings is 1. The van der Waals surface area contributed by atoms with E-state index in [4.69, 9.17) is 0 Å². The molecule has 1 aliphatic rings. The molecular weight excluding hydrogens is 266 g/mol. The second-order valence-electron chi connectivity index (χ2n) is 6.38. The summed E-state index contributed by atoms with van der Waals surface area (Å²) in [5, 5.41) is 12.3. The summed E-state index contributed by atoms with van der Waals surface area (Å²) in [6, 6.07) is 10.2. The fraction of sp³-hybridized carbons (Fsp3) is 0.471. The maximum Gasteiger partial charge on any atom is 0.0828 e. The predicted molar refractivity (Wildman–Crippen MR) is 86.1 cm³/mol. The van der Waals surface area contributed by atoms with Crippen LogP contribution in [-0.4, -0.2) is 27.2 Å². The molecule has 1 saturated heterocycles. The van der Waals surface area contributed by atoms with Crippen molar-refractivity contribution < 1.29 is 5.11 Å². The molecule has 0 radical (unpaired) electrons. The predicted octanol–water partition coefficient (Wildman–Crippen LogP) is 3.67. The van der Waals surface area contributed by atoms with E-state index in [1.165, 1.54) is 5.56 Å². The van der Waals surface area contributed by atoms with E-state index in [0.717, 1.165) is 28.8 Å². The first-order valence-electron chi connectivity index (χ1n) is 7.15. The van der Waals surface area contributed by atoms with Gasteiger partial charge in [0.1, 0.15) is 0 Å². The number of aliphatic hydroxyl groups is 1. The summed E-state index contributed by atoms with van der Waals surface area (Å²) < 4.78 is 0. The van der Waals surface area contributed by atoms with Crippen LogP contribution in [0, 0.1) is 5.41 Å². The van der Waals surface area contributed by atoms with Gasteiger partial charge in [-0.05, 0) is 35.3 Å². The van der Waals surface area contributed by atoms with E-state index < -0.39 is 5.60 Å². The molecule has 3 rings (SSSR count). The Morgan fingerprint density at radius 3 is 2.85 bits per heavy atom. The van der Waals surface area contributed by atoms with E-state index in [1.54, 1.807) is 0 Å². The molecule has 3 heteroatoms. The summed E-state index contributed by atoms with van der Waals surface area (Å²) in [7, 11) is 0. The Kier molecular flexibility index (Phi) is 3.51. The van der Waals surface area contributed by atoms with Crippen molar-refractivity contribution in [3.63, 3.8) is 0 Å². The van der Waals surface area contributed by atoms with Crippen LogP contribution in [0.3, 0.4) is 0 Å². The largest absolute Gasteiger partial charge is 0.388 e. The fourth-order valence-electron chi connectivity index (χ4n) is 2.91. The van der Waals surface area contributed by atoms with Crippen LogP contribution in [0.25, 0.3) is 10.9 Å². The lowest BCUT2D eigenvalue weighted by Crippen LogP contribution is -2.51. The van der Waals surface area contributed by atoms with E-state index in [0.29, 0.717) is 6.42 Å². The van der Waals surface area contributed by atoms with Crippen LogP contribution < -0.4 is 0 Å². The lowest BCUT2D eigenvalue weighted by Gasteiger charge is -2.46.